The number of rotatable bonds is 5. The third-order valence-electron chi connectivity index (χ3n) is 4.46. The van der Waals surface area contributed by atoms with Crippen molar-refractivity contribution in [3.8, 4) is 0 Å². The van der Waals surface area contributed by atoms with Crippen molar-refractivity contribution in [3.05, 3.63) is 54.1 Å². The SMILES string of the molecule is CC[C@@H]1CN(C(=O)NCc2nccn2Cc2ccccc2)C[C@@H](C)O1. The number of hydrogen-bond acceptors (Lipinski definition) is 3. The Labute approximate surface area is 148 Å². The Balaban J connectivity index is 1.57. The lowest BCUT2D eigenvalue weighted by Gasteiger charge is -2.36. The zero-order chi connectivity index (χ0) is 17.6. The van der Waals surface area contributed by atoms with Gasteiger partial charge in [-0.05, 0) is 18.9 Å². The molecule has 1 aliphatic heterocycles. The summed E-state index contributed by atoms with van der Waals surface area (Å²) in [5.41, 5.74) is 1.21. The van der Waals surface area contributed by atoms with Gasteiger partial charge in [-0.15, -0.1) is 0 Å². The molecule has 0 radical (unpaired) electrons. The number of carbonyl (C=O) groups excluding carboxylic acids is 1. The predicted octanol–water partition coefficient (Wildman–Crippen LogP) is 2.64. The highest BCUT2D eigenvalue weighted by molar-refractivity contribution is 5.74. The molecule has 2 atom stereocenters. The van der Waals surface area contributed by atoms with Gasteiger partial charge in [0.25, 0.3) is 0 Å². The summed E-state index contributed by atoms with van der Waals surface area (Å²) in [5, 5.41) is 2.99. The van der Waals surface area contributed by atoms with Crippen LogP contribution in [-0.4, -0.2) is 45.8 Å². The summed E-state index contributed by atoms with van der Waals surface area (Å²) >= 11 is 0. The number of amides is 2. The van der Waals surface area contributed by atoms with E-state index >= 15 is 0 Å². The van der Waals surface area contributed by atoms with Crippen LogP contribution in [0.3, 0.4) is 0 Å². The van der Waals surface area contributed by atoms with Gasteiger partial charge in [0.15, 0.2) is 0 Å². The molecule has 2 amide bonds. The molecule has 0 spiro atoms. The Morgan fingerprint density at radius 3 is 2.88 bits per heavy atom. The van der Waals surface area contributed by atoms with Crippen LogP contribution in [0.4, 0.5) is 4.79 Å². The van der Waals surface area contributed by atoms with Crippen molar-refractivity contribution in [2.24, 2.45) is 0 Å². The molecule has 1 saturated heterocycles. The van der Waals surface area contributed by atoms with Crippen LogP contribution in [0.15, 0.2) is 42.7 Å². The number of benzene rings is 1. The molecular weight excluding hydrogens is 316 g/mol. The van der Waals surface area contributed by atoms with Crippen LogP contribution < -0.4 is 5.32 Å². The van der Waals surface area contributed by atoms with Crippen molar-refractivity contribution in [1.29, 1.82) is 0 Å². The fraction of sp³-hybridized carbons (Fsp3) is 0.474. The second-order valence-corrected chi connectivity index (χ2v) is 6.50. The van der Waals surface area contributed by atoms with Crippen molar-refractivity contribution >= 4 is 6.03 Å². The third-order valence-corrected chi connectivity index (χ3v) is 4.46. The van der Waals surface area contributed by atoms with Crippen molar-refractivity contribution in [3.63, 3.8) is 0 Å². The molecule has 134 valence electrons. The fourth-order valence-electron chi connectivity index (χ4n) is 3.13. The normalized spacial score (nSPS) is 20.5. The molecule has 0 saturated carbocycles. The van der Waals surface area contributed by atoms with Gasteiger partial charge in [-0.25, -0.2) is 9.78 Å². The van der Waals surface area contributed by atoms with E-state index in [2.05, 4.69) is 33.9 Å². The van der Waals surface area contributed by atoms with E-state index in [1.54, 1.807) is 6.20 Å². The number of ether oxygens (including phenoxy) is 1. The molecule has 1 N–H and O–H groups in total. The smallest absolute Gasteiger partial charge is 0.317 e. The van der Waals surface area contributed by atoms with Crippen LogP contribution >= 0.6 is 0 Å². The molecule has 2 heterocycles. The summed E-state index contributed by atoms with van der Waals surface area (Å²) in [6.07, 6.45) is 4.82. The molecule has 1 aromatic carbocycles. The zero-order valence-corrected chi connectivity index (χ0v) is 14.9. The maximum Gasteiger partial charge on any atom is 0.317 e. The van der Waals surface area contributed by atoms with E-state index in [0.29, 0.717) is 19.6 Å². The molecule has 1 aromatic heterocycles. The van der Waals surface area contributed by atoms with Crippen molar-refractivity contribution in [2.45, 2.75) is 45.6 Å². The Hall–Kier alpha value is -2.34. The van der Waals surface area contributed by atoms with Gasteiger partial charge >= 0.3 is 6.03 Å². The van der Waals surface area contributed by atoms with Crippen LogP contribution in [-0.2, 0) is 17.8 Å². The van der Waals surface area contributed by atoms with Crippen molar-refractivity contribution < 1.29 is 9.53 Å². The minimum absolute atomic E-state index is 0.0529. The van der Waals surface area contributed by atoms with E-state index in [1.165, 1.54) is 5.56 Å². The molecule has 3 rings (SSSR count). The average Bonchev–Trinajstić information content (AvgIpc) is 3.07. The zero-order valence-electron chi connectivity index (χ0n) is 14.9. The van der Waals surface area contributed by atoms with E-state index in [-0.39, 0.29) is 18.2 Å². The number of morpholine rings is 1. The lowest BCUT2D eigenvalue weighted by atomic mass is 10.2. The Bertz CT molecular complexity index is 686. The summed E-state index contributed by atoms with van der Waals surface area (Å²) in [5.74, 6) is 0.852. The topological polar surface area (TPSA) is 59.4 Å². The van der Waals surface area contributed by atoms with E-state index in [0.717, 1.165) is 18.8 Å². The van der Waals surface area contributed by atoms with Gasteiger partial charge in [0, 0.05) is 32.0 Å². The van der Waals surface area contributed by atoms with Gasteiger partial charge < -0.3 is 19.5 Å². The predicted molar refractivity (Wildman–Crippen MR) is 96.2 cm³/mol. The minimum atomic E-state index is -0.0529. The molecular formula is C19H26N4O2. The monoisotopic (exact) mass is 342 g/mol. The van der Waals surface area contributed by atoms with Crippen molar-refractivity contribution in [2.75, 3.05) is 13.1 Å². The quantitative estimate of drug-likeness (QED) is 0.909. The van der Waals surface area contributed by atoms with Crippen LogP contribution in [0.5, 0.6) is 0 Å². The van der Waals surface area contributed by atoms with Gasteiger partial charge in [0.2, 0.25) is 0 Å². The summed E-state index contributed by atoms with van der Waals surface area (Å²) in [6.45, 7) is 6.53. The highest BCUT2D eigenvalue weighted by atomic mass is 16.5. The minimum Gasteiger partial charge on any atom is -0.372 e. The van der Waals surface area contributed by atoms with Gasteiger partial charge in [0.1, 0.15) is 5.82 Å². The first-order chi connectivity index (χ1) is 12.2. The summed E-state index contributed by atoms with van der Waals surface area (Å²) in [4.78, 5) is 18.7. The number of hydrogen-bond donors (Lipinski definition) is 1. The number of aromatic nitrogens is 2. The van der Waals surface area contributed by atoms with E-state index in [4.69, 9.17) is 4.74 Å². The third kappa shape index (κ3) is 4.60. The van der Waals surface area contributed by atoms with Gasteiger partial charge in [0.05, 0.1) is 18.8 Å². The summed E-state index contributed by atoms with van der Waals surface area (Å²) in [7, 11) is 0. The first-order valence-electron chi connectivity index (χ1n) is 8.88. The first-order valence-corrected chi connectivity index (χ1v) is 8.88. The van der Waals surface area contributed by atoms with Crippen molar-refractivity contribution in [1.82, 2.24) is 19.8 Å². The highest BCUT2D eigenvalue weighted by Gasteiger charge is 2.27. The molecule has 0 bridgehead atoms. The standard InChI is InChI=1S/C19H26N4O2/c1-3-17-14-23(12-15(2)25-17)19(24)21-11-18-20-9-10-22(18)13-16-7-5-4-6-8-16/h4-10,15,17H,3,11-14H2,1-2H3,(H,21,24)/t15-,17-/m1/s1. The van der Waals surface area contributed by atoms with Gasteiger partial charge in [-0.3, -0.25) is 0 Å². The second kappa shape index (κ2) is 8.16. The Morgan fingerprint density at radius 1 is 1.32 bits per heavy atom. The number of carbonyl (C=O) groups is 1. The highest BCUT2D eigenvalue weighted by Crippen LogP contribution is 2.13. The first kappa shape index (κ1) is 17.5. The molecule has 1 aliphatic rings. The maximum atomic E-state index is 12.5. The van der Waals surface area contributed by atoms with Gasteiger partial charge in [-0.2, -0.15) is 0 Å². The van der Waals surface area contributed by atoms with Crippen LogP contribution in [0.25, 0.3) is 0 Å². The molecule has 1 fully saturated rings. The largest absolute Gasteiger partial charge is 0.372 e. The Kier molecular flexibility index (Phi) is 5.71. The second-order valence-electron chi connectivity index (χ2n) is 6.50. The Morgan fingerprint density at radius 2 is 2.12 bits per heavy atom. The summed E-state index contributed by atoms with van der Waals surface area (Å²) < 4.78 is 7.88. The number of nitrogens with zero attached hydrogens (tertiary/aromatic N) is 3. The van der Waals surface area contributed by atoms with Crippen LogP contribution in [0.1, 0.15) is 31.7 Å². The lowest BCUT2D eigenvalue weighted by Crippen LogP contribution is -2.52. The maximum absolute atomic E-state index is 12.5. The van der Waals surface area contributed by atoms with Crippen LogP contribution in [0.2, 0.25) is 0 Å². The van der Waals surface area contributed by atoms with E-state index in [1.807, 2.05) is 36.2 Å². The summed E-state index contributed by atoms with van der Waals surface area (Å²) in [6, 6.07) is 10.2. The fourth-order valence-corrected chi connectivity index (χ4v) is 3.13. The molecule has 0 aliphatic carbocycles. The number of urea groups is 1. The van der Waals surface area contributed by atoms with E-state index in [9.17, 15) is 4.79 Å². The number of imidazole rings is 1. The lowest BCUT2D eigenvalue weighted by molar-refractivity contribution is -0.0646. The molecule has 6 heteroatoms. The molecule has 2 aromatic rings. The van der Waals surface area contributed by atoms with Crippen LogP contribution in [0, 0.1) is 0 Å². The molecule has 6 nitrogen and oxygen atoms in total. The number of nitrogens with one attached hydrogen (secondary N) is 1. The average molecular weight is 342 g/mol. The van der Waals surface area contributed by atoms with Gasteiger partial charge in [-0.1, -0.05) is 37.3 Å². The molecule has 0 unspecified atom stereocenters. The van der Waals surface area contributed by atoms with E-state index < -0.39 is 0 Å². The molecule has 25 heavy (non-hydrogen) atoms.